The molecule has 0 saturated carbocycles. The van der Waals surface area contributed by atoms with E-state index < -0.39 is 5.97 Å². The largest absolute Gasteiger partial charge is 0.487 e. The van der Waals surface area contributed by atoms with Crippen molar-refractivity contribution in [3.05, 3.63) is 25.0 Å². The molecule has 3 heteroatoms. The van der Waals surface area contributed by atoms with Gasteiger partial charge in [-0.1, -0.05) is 38.2 Å². The normalized spacial score (nSPS) is 9.88. The fraction of sp³-hybridized carbons (Fsp3) is 0.643. The molecule has 0 aliphatic carbocycles. The van der Waals surface area contributed by atoms with Crippen LogP contribution in [0.1, 0.15) is 51.4 Å². The van der Waals surface area contributed by atoms with Gasteiger partial charge in [0.1, 0.15) is 0 Å². The maximum atomic E-state index is 10.4. The third kappa shape index (κ3) is 11.0. The van der Waals surface area contributed by atoms with Crippen LogP contribution in [0.4, 0.5) is 0 Å². The van der Waals surface area contributed by atoms with E-state index in [0.717, 1.165) is 19.3 Å². The molecule has 0 aromatic carbocycles. The molecular formula is C14H24O3. The fourth-order valence-corrected chi connectivity index (χ4v) is 1.53. The van der Waals surface area contributed by atoms with Gasteiger partial charge in [-0.25, -0.2) is 4.79 Å². The number of ether oxygens (including phenoxy) is 1. The molecule has 0 aliphatic rings. The maximum Gasteiger partial charge on any atom is 0.370 e. The highest BCUT2D eigenvalue weighted by Crippen LogP contribution is 2.09. The Morgan fingerprint density at radius 2 is 1.59 bits per heavy atom. The number of carboxylic acid groups (broad SMARTS) is 1. The molecule has 0 atom stereocenters. The van der Waals surface area contributed by atoms with Crippen LogP contribution >= 0.6 is 0 Å². The summed E-state index contributed by atoms with van der Waals surface area (Å²) < 4.78 is 4.96. The minimum absolute atomic E-state index is 0.158. The van der Waals surface area contributed by atoms with Crippen LogP contribution in [-0.4, -0.2) is 17.7 Å². The molecule has 0 aliphatic heterocycles. The maximum absolute atomic E-state index is 10.4. The molecule has 0 rings (SSSR count). The predicted molar refractivity (Wildman–Crippen MR) is 69.9 cm³/mol. The van der Waals surface area contributed by atoms with Crippen LogP contribution < -0.4 is 0 Å². The number of rotatable bonds is 12. The van der Waals surface area contributed by atoms with Crippen LogP contribution in [0.25, 0.3) is 0 Å². The molecule has 0 radical (unpaired) electrons. The van der Waals surface area contributed by atoms with E-state index in [4.69, 9.17) is 9.84 Å². The van der Waals surface area contributed by atoms with Gasteiger partial charge in [-0.05, 0) is 25.8 Å². The molecule has 0 spiro atoms. The van der Waals surface area contributed by atoms with Crippen molar-refractivity contribution in [1.82, 2.24) is 0 Å². The van der Waals surface area contributed by atoms with Gasteiger partial charge >= 0.3 is 5.97 Å². The van der Waals surface area contributed by atoms with Crippen molar-refractivity contribution in [3.63, 3.8) is 0 Å². The van der Waals surface area contributed by atoms with Gasteiger partial charge in [-0.15, -0.1) is 6.58 Å². The summed E-state index contributed by atoms with van der Waals surface area (Å²) in [6.45, 7) is 7.45. The van der Waals surface area contributed by atoms with E-state index in [-0.39, 0.29) is 5.76 Å². The molecule has 0 aromatic heterocycles. The highest BCUT2D eigenvalue weighted by Gasteiger charge is 2.03. The van der Waals surface area contributed by atoms with E-state index in [1.54, 1.807) is 0 Å². The smallest absolute Gasteiger partial charge is 0.370 e. The molecule has 0 heterocycles. The van der Waals surface area contributed by atoms with Crippen molar-refractivity contribution in [2.75, 3.05) is 6.61 Å². The molecular weight excluding hydrogens is 216 g/mol. The van der Waals surface area contributed by atoms with Crippen molar-refractivity contribution in [3.8, 4) is 0 Å². The van der Waals surface area contributed by atoms with E-state index in [2.05, 4.69) is 13.2 Å². The molecule has 0 fully saturated rings. The first-order valence-corrected chi connectivity index (χ1v) is 6.34. The number of allylic oxidation sites excluding steroid dienone is 1. The van der Waals surface area contributed by atoms with Gasteiger partial charge in [0.05, 0.1) is 6.61 Å². The van der Waals surface area contributed by atoms with Crippen molar-refractivity contribution in [2.45, 2.75) is 51.4 Å². The monoisotopic (exact) mass is 240 g/mol. The average Bonchev–Trinajstić information content (AvgIpc) is 2.31. The number of carboxylic acids is 1. The summed E-state index contributed by atoms with van der Waals surface area (Å²) in [6, 6.07) is 0. The quantitative estimate of drug-likeness (QED) is 0.243. The first-order valence-electron chi connectivity index (χ1n) is 6.34. The third-order valence-corrected chi connectivity index (χ3v) is 2.57. The van der Waals surface area contributed by atoms with Gasteiger partial charge in [0.25, 0.3) is 0 Å². The molecule has 3 nitrogen and oxygen atoms in total. The van der Waals surface area contributed by atoms with Crippen LogP contribution in [0.2, 0.25) is 0 Å². The Hall–Kier alpha value is -1.25. The minimum Gasteiger partial charge on any atom is -0.487 e. The molecule has 0 aromatic rings. The number of unbranched alkanes of at least 4 members (excludes halogenated alkanes) is 7. The summed E-state index contributed by atoms with van der Waals surface area (Å²) in [4.78, 5) is 10.4. The van der Waals surface area contributed by atoms with Gasteiger partial charge in [-0.2, -0.15) is 0 Å². The predicted octanol–water partition coefficient (Wildman–Crippen LogP) is 3.91. The number of aliphatic carboxylic acids is 1. The molecule has 0 saturated heterocycles. The zero-order valence-corrected chi connectivity index (χ0v) is 10.6. The lowest BCUT2D eigenvalue weighted by atomic mass is 10.1. The number of hydrogen-bond donors (Lipinski definition) is 1. The molecule has 0 unspecified atom stereocenters. The second kappa shape index (κ2) is 11.2. The molecule has 1 N–H and O–H groups in total. The summed E-state index contributed by atoms with van der Waals surface area (Å²) in [5.74, 6) is -1.23. The Morgan fingerprint density at radius 3 is 2.12 bits per heavy atom. The van der Waals surface area contributed by atoms with Gasteiger partial charge < -0.3 is 9.84 Å². The second-order valence-electron chi connectivity index (χ2n) is 4.13. The van der Waals surface area contributed by atoms with Crippen LogP contribution in [0, 0.1) is 0 Å². The summed E-state index contributed by atoms with van der Waals surface area (Å²) >= 11 is 0. The molecule has 98 valence electrons. The summed E-state index contributed by atoms with van der Waals surface area (Å²) in [5.41, 5.74) is 0. The average molecular weight is 240 g/mol. The van der Waals surface area contributed by atoms with Crippen molar-refractivity contribution in [2.24, 2.45) is 0 Å². The van der Waals surface area contributed by atoms with Crippen molar-refractivity contribution < 1.29 is 14.6 Å². The lowest BCUT2D eigenvalue weighted by Gasteiger charge is -2.05. The second-order valence-corrected chi connectivity index (χ2v) is 4.13. The van der Waals surface area contributed by atoms with Crippen LogP contribution in [0.15, 0.2) is 25.0 Å². The Morgan fingerprint density at radius 1 is 1.06 bits per heavy atom. The first-order chi connectivity index (χ1) is 8.18. The highest BCUT2D eigenvalue weighted by atomic mass is 16.5. The van der Waals surface area contributed by atoms with Crippen molar-refractivity contribution >= 4 is 5.97 Å². The Balaban J connectivity index is 3.11. The first kappa shape index (κ1) is 15.8. The van der Waals surface area contributed by atoms with Crippen LogP contribution in [0.5, 0.6) is 0 Å². The van der Waals surface area contributed by atoms with Crippen LogP contribution in [0.3, 0.4) is 0 Å². The van der Waals surface area contributed by atoms with Gasteiger partial charge in [-0.3, -0.25) is 0 Å². The minimum atomic E-state index is -1.08. The molecule has 17 heavy (non-hydrogen) atoms. The summed E-state index contributed by atoms with van der Waals surface area (Å²) in [7, 11) is 0. The van der Waals surface area contributed by atoms with Crippen LogP contribution in [-0.2, 0) is 9.53 Å². The zero-order chi connectivity index (χ0) is 12.9. The Labute approximate surface area is 104 Å². The van der Waals surface area contributed by atoms with E-state index in [1.807, 2.05) is 6.08 Å². The third-order valence-electron chi connectivity index (χ3n) is 2.57. The van der Waals surface area contributed by atoms with E-state index in [0.29, 0.717) is 6.61 Å². The standard InChI is InChI=1S/C14H24O3/c1-3-4-5-6-7-8-9-10-11-12-17-13(2)14(15)16/h3H,1-2,4-12H2,(H,15,16). The van der Waals surface area contributed by atoms with Gasteiger partial charge in [0.2, 0.25) is 0 Å². The highest BCUT2D eigenvalue weighted by molar-refractivity contribution is 5.83. The van der Waals surface area contributed by atoms with Gasteiger partial charge in [0, 0.05) is 0 Å². The van der Waals surface area contributed by atoms with Gasteiger partial charge in [0.15, 0.2) is 5.76 Å². The summed E-state index contributed by atoms with van der Waals surface area (Å²) in [6.07, 6.45) is 11.3. The SMILES string of the molecule is C=CCCCCCCCCCOC(=C)C(=O)O. The Kier molecular flexibility index (Phi) is 10.4. The lowest BCUT2D eigenvalue weighted by molar-refractivity contribution is -0.136. The van der Waals surface area contributed by atoms with E-state index in [9.17, 15) is 4.79 Å². The molecule has 0 bridgehead atoms. The number of hydrogen-bond acceptors (Lipinski definition) is 2. The topological polar surface area (TPSA) is 46.5 Å². The van der Waals surface area contributed by atoms with E-state index >= 15 is 0 Å². The Bertz CT molecular complexity index is 234. The van der Waals surface area contributed by atoms with Crippen molar-refractivity contribution in [1.29, 1.82) is 0 Å². The summed E-state index contributed by atoms with van der Waals surface area (Å²) in [5, 5.41) is 8.49. The number of carbonyl (C=O) groups is 1. The fourth-order valence-electron chi connectivity index (χ4n) is 1.53. The molecule has 0 amide bonds. The van der Waals surface area contributed by atoms with E-state index in [1.165, 1.54) is 32.1 Å². The lowest BCUT2D eigenvalue weighted by Crippen LogP contribution is -2.04. The zero-order valence-electron chi connectivity index (χ0n) is 10.6.